The number of unbranched alkanes of at least 4 members (excludes halogenated alkanes) is 14. The van der Waals surface area contributed by atoms with Gasteiger partial charge in [0.15, 0.2) is 6.10 Å². The molecule has 0 radical (unpaired) electrons. The molecule has 0 amide bonds. The second kappa shape index (κ2) is 60.6. The molecule has 0 N–H and O–H groups in total. The van der Waals surface area contributed by atoms with Crippen LogP contribution in [0.15, 0.2) is 158 Å². The number of hydrogen-bond acceptors (Lipinski definition) is 6. The molecule has 0 aliphatic heterocycles. The summed E-state index contributed by atoms with van der Waals surface area (Å²) < 4.78 is 16.8. The molecule has 0 aromatic rings. The summed E-state index contributed by atoms with van der Waals surface area (Å²) in [5, 5.41) is 0. The Morgan fingerprint density at radius 3 is 0.892 bits per heavy atom. The van der Waals surface area contributed by atoms with Gasteiger partial charge in [-0.05, 0) is 135 Å². The molecule has 0 rings (SSSR count). The SMILES string of the molecule is CC/C=C\C/C=C\C/C=C\C/C=C\C/C=C\C/C=C\C/C=C\CCCC(=O)OCC(COC(=O)CCCCCCC/C=C\CCCCCCCCC)OC(=O)CCC/C=C\C/C=C\C/C=C\C/C=C\C/C=C\CC. The minimum atomic E-state index is -0.843. The van der Waals surface area contributed by atoms with Crippen LogP contribution in [-0.2, 0) is 28.6 Å². The third-order valence-corrected chi connectivity index (χ3v) is 11.7. The first-order chi connectivity index (χ1) is 36.5. The quantitative estimate of drug-likeness (QED) is 0.0261. The highest BCUT2D eigenvalue weighted by Crippen LogP contribution is 2.12. The molecule has 0 aliphatic carbocycles. The molecule has 74 heavy (non-hydrogen) atoms. The molecule has 0 heterocycles. The van der Waals surface area contributed by atoms with Crippen LogP contribution in [0.1, 0.15) is 233 Å². The van der Waals surface area contributed by atoms with Crippen molar-refractivity contribution in [3.63, 3.8) is 0 Å². The van der Waals surface area contributed by atoms with E-state index in [1.807, 2.05) is 0 Å². The van der Waals surface area contributed by atoms with Gasteiger partial charge in [0.2, 0.25) is 0 Å². The normalized spacial score (nSPS) is 13.3. The van der Waals surface area contributed by atoms with E-state index in [9.17, 15) is 14.4 Å². The predicted octanol–water partition coefficient (Wildman–Crippen LogP) is 20.1. The van der Waals surface area contributed by atoms with Gasteiger partial charge >= 0.3 is 17.9 Å². The summed E-state index contributed by atoms with van der Waals surface area (Å²) in [6.07, 6.45) is 88.2. The number of allylic oxidation sites excluding steroid dienone is 26. The van der Waals surface area contributed by atoms with Gasteiger partial charge in [0.1, 0.15) is 13.2 Å². The molecule has 6 heteroatoms. The fraction of sp³-hybridized carbons (Fsp3) is 0.574. The molecule has 1 atom stereocenters. The Labute approximate surface area is 454 Å². The van der Waals surface area contributed by atoms with Crippen molar-refractivity contribution in [3.05, 3.63) is 158 Å². The lowest BCUT2D eigenvalue weighted by Gasteiger charge is -2.18. The van der Waals surface area contributed by atoms with Gasteiger partial charge in [-0.3, -0.25) is 14.4 Å². The molecular formula is C68H106O6. The van der Waals surface area contributed by atoms with Crippen LogP contribution >= 0.6 is 0 Å². The number of rotatable bonds is 51. The molecule has 414 valence electrons. The first-order valence-corrected chi connectivity index (χ1v) is 29.5. The standard InChI is InChI=1S/C68H106O6/c1-4-7-10-13-16-19-22-25-28-31-32-33-34-35-36-38-40-43-46-49-52-55-58-61-67(70)73-64-65(63-72-66(69)60-57-54-51-48-45-42-39-30-27-24-21-18-15-12-9-6-3)74-68(71)62-59-56-53-50-47-44-41-37-29-26-23-20-17-14-11-8-5-2/h7-8,10-11,16-17,19-20,25-26,28-30,32-33,35-36,39-41,43-44,49-50,52-53,65H,4-6,9,12-15,18,21-24,27,31,34,37-38,42,45-48,51,54-64H2,1-3H3/b10-7-,11-8-,19-16-,20-17-,28-25-,29-26-,33-32-,36-35-,39-30-,43-40-,44-41-,52-49-,53-50-. The van der Waals surface area contributed by atoms with Crippen molar-refractivity contribution in [1.82, 2.24) is 0 Å². The zero-order valence-electron chi connectivity index (χ0n) is 47.3. The van der Waals surface area contributed by atoms with Crippen LogP contribution in [0.5, 0.6) is 0 Å². The fourth-order valence-corrected chi connectivity index (χ4v) is 7.40. The van der Waals surface area contributed by atoms with Crippen LogP contribution < -0.4 is 0 Å². The molecule has 0 saturated heterocycles. The first-order valence-electron chi connectivity index (χ1n) is 29.5. The number of esters is 3. The van der Waals surface area contributed by atoms with Gasteiger partial charge in [-0.25, -0.2) is 0 Å². The van der Waals surface area contributed by atoms with Gasteiger partial charge in [0.05, 0.1) is 0 Å². The topological polar surface area (TPSA) is 78.9 Å². The second-order valence-electron chi connectivity index (χ2n) is 18.8. The van der Waals surface area contributed by atoms with Crippen molar-refractivity contribution in [2.24, 2.45) is 0 Å². The lowest BCUT2D eigenvalue weighted by molar-refractivity contribution is -0.167. The fourth-order valence-electron chi connectivity index (χ4n) is 7.40. The Kier molecular flexibility index (Phi) is 56.5. The molecule has 0 saturated carbocycles. The van der Waals surface area contributed by atoms with Crippen LogP contribution in [0.4, 0.5) is 0 Å². The summed E-state index contributed by atoms with van der Waals surface area (Å²) in [5.41, 5.74) is 0. The van der Waals surface area contributed by atoms with Gasteiger partial charge in [-0.2, -0.15) is 0 Å². The largest absolute Gasteiger partial charge is 0.462 e. The Morgan fingerprint density at radius 2 is 0.541 bits per heavy atom. The van der Waals surface area contributed by atoms with E-state index in [-0.39, 0.29) is 44.0 Å². The average molecular weight is 1020 g/mol. The minimum absolute atomic E-state index is 0.130. The lowest BCUT2D eigenvalue weighted by atomic mass is 10.1. The van der Waals surface area contributed by atoms with Crippen molar-refractivity contribution in [3.8, 4) is 0 Å². The molecule has 6 nitrogen and oxygen atoms in total. The van der Waals surface area contributed by atoms with E-state index in [2.05, 4.69) is 179 Å². The van der Waals surface area contributed by atoms with E-state index in [0.717, 1.165) is 122 Å². The van der Waals surface area contributed by atoms with Crippen LogP contribution in [0.2, 0.25) is 0 Å². The number of hydrogen-bond donors (Lipinski definition) is 0. The van der Waals surface area contributed by atoms with Crippen LogP contribution in [0.3, 0.4) is 0 Å². The van der Waals surface area contributed by atoms with Crippen LogP contribution in [0.25, 0.3) is 0 Å². The summed E-state index contributed by atoms with van der Waals surface area (Å²) in [6.45, 7) is 6.29. The monoisotopic (exact) mass is 1020 g/mol. The number of carbonyl (C=O) groups is 3. The van der Waals surface area contributed by atoms with Crippen LogP contribution in [-0.4, -0.2) is 37.2 Å². The Morgan fingerprint density at radius 1 is 0.284 bits per heavy atom. The molecule has 0 bridgehead atoms. The Hall–Kier alpha value is -4.97. The maximum absolute atomic E-state index is 12.8. The summed E-state index contributed by atoms with van der Waals surface area (Å²) in [6, 6.07) is 0. The Bertz CT molecular complexity index is 1690. The van der Waals surface area contributed by atoms with E-state index in [0.29, 0.717) is 19.3 Å². The van der Waals surface area contributed by atoms with Crippen molar-refractivity contribution < 1.29 is 28.6 Å². The van der Waals surface area contributed by atoms with E-state index >= 15 is 0 Å². The van der Waals surface area contributed by atoms with E-state index in [1.165, 1.54) is 57.8 Å². The average Bonchev–Trinajstić information content (AvgIpc) is 3.40. The molecule has 0 aromatic carbocycles. The first kappa shape index (κ1) is 69.0. The van der Waals surface area contributed by atoms with Crippen LogP contribution in [0, 0.1) is 0 Å². The molecule has 0 fully saturated rings. The maximum atomic E-state index is 12.8. The third kappa shape index (κ3) is 57.9. The highest BCUT2D eigenvalue weighted by atomic mass is 16.6. The predicted molar refractivity (Wildman–Crippen MR) is 320 cm³/mol. The zero-order chi connectivity index (χ0) is 53.6. The highest BCUT2D eigenvalue weighted by Gasteiger charge is 2.19. The summed E-state index contributed by atoms with van der Waals surface area (Å²) >= 11 is 0. The zero-order valence-corrected chi connectivity index (χ0v) is 47.3. The Balaban J connectivity index is 4.60. The van der Waals surface area contributed by atoms with E-state index in [1.54, 1.807) is 0 Å². The van der Waals surface area contributed by atoms with Gasteiger partial charge in [0.25, 0.3) is 0 Å². The van der Waals surface area contributed by atoms with Crippen molar-refractivity contribution in [1.29, 1.82) is 0 Å². The molecule has 1 unspecified atom stereocenters. The van der Waals surface area contributed by atoms with Crippen molar-refractivity contribution in [2.75, 3.05) is 13.2 Å². The van der Waals surface area contributed by atoms with Gasteiger partial charge in [-0.1, -0.05) is 237 Å². The molecule has 0 aliphatic rings. The van der Waals surface area contributed by atoms with Crippen molar-refractivity contribution >= 4 is 17.9 Å². The van der Waals surface area contributed by atoms with Gasteiger partial charge < -0.3 is 14.2 Å². The highest BCUT2D eigenvalue weighted by molar-refractivity contribution is 5.71. The molecular weight excluding hydrogens is 913 g/mol. The number of carbonyl (C=O) groups excluding carboxylic acids is 3. The summed E-state index contributed by atoms with van der Waals surface area (Å²) in [4.78, 5) is 38.2. The third-order valence-electron chi connectivity index (χ3n) is 11.7. The van der Waals surface area contributed by atoms with E-state index < -0.39 is 6.10 Å². The smallest absolute Gasteiger partial charge is 0.306 e. The number of ether oxygens (including phenoxy) is 3. The van der Waals surface area contributed by atoms with E-state index in [4.69, 9.17) is 14.2 Å². The summed E-state index contributed by atoms with van der Waals surface area (Å²) in [7, 11) is 0. The molecule has 0 aromatic heterocycles. The minimum Gasteiger partial charge on any atom is -0.462 e. The summed E-state index contributed by atoms with van der Waals surface area (Å²) in [5.74, 6) is -1.07. The van der Waals surface area contributed by atoms with Crippen molar-refractivity contribution in [2.45, 2.75) is 239 Å². The second-order valence-corrected chi connectivity index (χ2v) is 18.8. The van der Waals surface area contributed by atoms with Gasteiger partial charge in [0, 0.05) is 19.3 Å². The lowest BCUT2D eigenvalue weighted by Crippen LogP contribution is -2.30. The maximum Gasteiger partial charge on any atom is 0.306 e. The van der Waals surface area contributed by atoms with Gasteiger partial charge in [-0.15, -0.1) is 0 Å². The molecule has 0 spiro atoms.